The Morgan fingerprint density at radius 2 is 2.06 bits per heavy atom. The maximum absolute atomic E-state index is 11.2. The van der Waals surface area contributed by atoms with E-state index in [1.54, 1.807) is 18.7 Å². The van der Waals surface area contributed by atoms with Crippen molar-refractivity contribution in [3.05, 3.63) is 0 Å². The minimum Gasteiger partial charge on any atom is -0.382 e. The number of aromatic nitrogens is 1. The maximum atomic E-state index is 11.2. The van der Waals surface area contributed by atoms with E-state index in [0.717, 1.165) is 36.1 Å². The van der Waals surface area contributed by atoms with Crippen LogP contribution in [0.4, 0.5) is 10.8 Å². The molecule has 1 amide bonds. The zero-order valence-electron chi connectivity index (χ0n) is 9.97. The number of anilines is 2. The SMILES string of the molecule is CSc1c(N)nsc1N1CCN(C(C)=O)CC1. The lowest BCUT2D eigenvalue weighted by molar-refractivity contribution is -0.129. The molecule has 0 aromatic carbocycles. The molecule has 17 heavy (non-hydrogen) atoms. The van der Waals surface area contributed by atoms with Crippen molar-refractivity contribution in [2.24, 2.45) is 0 Å². The lowest BCUT2D eigenvalue weighted by Crippen LogP contribution is -2.48. The summed E-state index contributed by atoms with van der Waals surface area (Å²) in [5.74, 6) is 0.769. The zero-order valence-corrected chi connectivity index (χ0v) is 11.6. The first-order chi connectivity index (χ1) is 8.13. The first-order valence-electron chi connectivity index (χ1n) is 5.43. The van der Waals surface area contributed by atoms with E-state index in [-0.39, 0.29) is 5.91 Å². The van der Waals surface area contributed by atoms with Gasteiger partial charge in [0, 0.05) is 33.1 Å². The molecule has 1 aliphatic rings. The lowest BCUT2D eigenvalue weighted by atomic mass is 10.3. The van der Waals surface area contributed by atoms with Crippen molar-refractivity contribution in [3.8, 4) is 0 Å². The van der Waals surface area contributed by atoms with Gasteiger partial charge in [-0.15, -0.1) is 11.8 Å². The molecule has 0 unspecified atom stereocenters. The van der Waals surface area contributed by atoms with Crippen LogP contribution in [0, 0.1) is 0 Å². The molecule has 0 aliphatic carbocycles. The van der Waals surface area contributed by atoms with Crippen LogP contribution in [0.1, 0.15) is 6.92 Å². The molecule has 2 heterocycles. The summed E-state index contributed by atoms with van der Waals surface area (Å²) in [6.45, 7) is 4.89. The Kier molecular flexibility index (Phi) is 3.78. The molecule has 0 spiro atoms. The van der Waals surface area contributed by atoms with Crippen molar-refractivity contribution in [3.63, 3.8) is 0 Å². The number of hydrogen-bond donors (Lipinski definition) is 1. The van der Waals surface area contributed by atoms with Gasteiger partial charge in [0.1, 0.15) is 5.00 Å². The second kappa shape index (κ2) is 5.14. The Morgan fingerprint density at radius 1 is 1.41 bits per heavy atom. The highest BCUT2D eigenvalue weighted by Crippen LogP contribution is 2.37. The Hall–Kier alpha value is -0.950. The van der Waals surface area contributed by atoms with Crippen LogP contribution >= 0.6 is 23.3 Å². The average molecular weight is 272 g/mol. The summed E-state index contributed by atoms with van der Waals surface area (Å²) < 4.78 is 4.19. The van der Waals surface area contributed by atoms with Crippen molar-refractivity contribution in [2.75, 3.05) is 43.1 Å². The summed E-state index contributed by atoms with van der Waals surface area (Å²) in [5, 5.41) is 1.14. The molecule has 2 N–H and O–H groups in total. The number of carbonyl (C=O) groups is 1. The van der Waals surface area contributed by atoms with Gasteiger partial charge in [-0.2, -0.15) is 4.37 Å². The Morgan fingerprint density at radius 3 is 2.59 bits per heavy atom. The van der Waals surface area contributed by atoms with E-state index in [1.165, 1.54) is 11.5 Å². The van der Waals surface area contributed by atoms with E-state index in [2.05, 4.69) is 9.27 Å². The predicted molar refractivity (Wildman–Crippen MR) is 72.8 cm³/mol. The minimum absolute atomic E-state index is 0.151. The molecule has 0 radical (unpaired) electrons. The second-order valence-electron chi connectivity index (χ2n) is 3.90. The molecule has 1 aromatic heterocycles. The van der Waals surface area contributed by atoms with Crippen LogP contribution in [0.3, 0.4) is 0 Å². The molecule has 1 aromatic rings. The summed E-state index contributed by atoms with van der Waals surface area (Å²) in [5.41, 5.74) is 5.82. The molecular formula is C10H16N4OS2. The van der Waals surface area contributed by atoms with Gasteiger partial charge >= 0.3 is 0 Å². The van der Waals surface area contributed by atoms with Crippen molar-refractivity contribution < 1.29 is 4.79 Å². The first kappa shape index (κ1) is 12.5. The third-order valence-electron chi connectivity index (χ3n) is 2.87. The third kappa shape index (κ3) is 2.50. The van der Waals surface area contributed by atoms with Gasteiger partial charge in [0.25, 0.3) is 0 Å². The summed E-state index contributed by atoms with van der Waals surface area (Å²) in [4.78, 5) is 16.4. The number of rotatable bonds is 2. The fourth-order valence-electron chi connectivity index (χ4n) is 1.90. The third-order valence-corrected chi connectivity index (χ3v) is 4.74. The van der Waals surface area contributed by atoms with Crippen molar-refractivity contribution in [1.29, 1.82) is 0 Å². The number of hydrogen-bond acceptors (Lipinski definition) is 6. The zero-order chi connectivity index (χ0) is 12.4. The van der Waals surface area contributed by atoms with Crippen LogP contribution < -0.4 is 10.6 Å². The van der Waals surface area contributed by atoms with Crippen LogP contribution in [0.2, 0.25) is 0 Å². The number of carbonyl (C=O) groups excluding carboxylic acids is 1. The smallest absolute Gasteiger partial charge is 0.219 e. The Labute approximate surface area is 109 Å². The van der Waals surface area contributed by atoms with Gasteiger partial charge in [-0.25, -0.2) is 0 Å². The van der Waals surface area contributed by atoms with E-state index in [0.29, 0.717) is 5.82 Å². The molecular weight excluding hydrogens is 256 g/mol. The van der Waals surface area contributed by atoms with Gasteiger partial charge in [0.2, 0.25) is 5.91 Å². The molecule has 94 valence electrons. The van der Waals surface area contributed by atoms with E-state index in [9.17, 15) is 4.79 Å². The standard InChI is InChI=1S/C10H16N4OS2/c1-7(15)13-3-5-14(6-4-13)10-8(16-2)9(11)12-17-10/h3-6H2,1-2H3,(H2,11,12). The molecule has 0 atom stereocenters. The molecule has 0 bridgehead atoms. The summed E-state index contributed by atoms with van der Waals surface area (Å²) in [6.07, 6.45) is 2.01. The molecule has 1 fully saturated rings. The second-order valence-corrected chi connectivity index (χ2v) is 5.47. The summed E-state index contributed by atoms with van der Waals surface area (Å²) in [6, 6.07) is 0. The van der Waals surface area contributed by atoms with Crippen molar-refractivity contribution >= 4 is 40.0 Å². The van der Waals surface area contributed by atoms with E-state index in [4.69, 9.17) is 5.73 Å². The highest BCUT2D eigenvalue weighted by atomic mass is 32.2. The van der Waals surface area contributed by atoms with Gasteiger partial charge in [-0.1, -0.05) is 0 Å². The highest BCUT2D eigenvalue weighted by molar-refractivity contribution is 7.99. The topological polar surface area (TPSA) is 62.5 Å². The minimum atomic E-state index is 0.151. The van der Waals surface area contributed by atoms with Crippen LogP contribution in [0.25, 0.3) is 0 Å². The van der Waals surface area contributed by atoms with E-state index >= 15 is 0 Å². The molecule has 2 rings (SSSR count). The van der Waals surface area contributed by atoms with E-state index in [1.807, 2.05) is 11.2 Å². The maximum Gasteiger partial charge on any atom is 0.219 e. The van der Waals surface area contributed by atoms with Crippen molar-refractivity contribution in [1.82, 2.24) is 9.27 Å². The lowest BCUT2D eigenvalue weighted by Gasteiger charge is -2.34. The molecule has 5 nitrogen and oxygen atoms in total. The van der Waals surface area contributed by atoms with Gasteiger partial charge in [-0.3, -0.25) is 4.79 Å². The molecule has 1 saturated heterocycles. The van der Waals surface area contributed by atoms with Crippen LogP contribution in [-0.2, 0) is 4.79 Å². The van der Waals surface area contributed by atoms with Gasteiger partial charge < -0.3 is 15.5 Å². The molecule has 0 saturated carbocycles. The Bertz CT molecular complexity index is 412. The number of nitrogen functional groups attached to an aromatic ring is 1. The van der Waals surface area contributed by atoms with Crippen LogP contribution in [-0.4, -0.2) is 47.6 Å². The van der Waals surface area contributed by atoms with E-state index < -0.39 is 0 Å². The summed E-state index contributed by atoms with van der Waals surface area (Å²) in [7, 11) is 0. The number of nitrogens with zero attached hydrogens (tertiary/aromatic N) is 3. The highest BCUT2D eigenvalue weighted by Gasteiger charge is 2.23. The first-order valence-corrected chi connectivity index (χ1v) is 7.43. The molecule has 1 aliphatic heterocycles. The molecule has 7 heteroatoms. The average Bonchev–Trinajstić information content (AvgIpc) is 2.70. The number of thioether (sulfide) groups is 1. The van der Waals surface area contributed by atoms with Gasteiger partial charge in [0.15, 0.2) is 5.82 Å². The Balaban J connectivity index is 2.07. The number of nitrogens with two attached hydrogens (primary N) is 1. The number of piperazine rings is 1. The largest absolute Gasteiger partial charge is 0.382 e. The normalized spacial score (nSPS) is 16.4. The van der Waals surface area contributed by atoms with Crippen LogP contribution in [0.5, 0.6) is 0 Å². The monoisotopic (exact) mass is 272 g/mol. The fourth-order valence-corrected chi connectivity index (χ4v) is 3.64. The summed E-state index contributed by atoms with van der Waals surface area (Å²) >= 11 is 3.07. The van der Waals surface area contributed by atoms with Gasteiger partial charge in [-0.05, 0) is 17.8 Å². The predicted octanol–water partition coefficient (Wildman–Crippen LogP) is 1.12. The van der Waals surface area contributed by atoms with Gasteiger partial charge in [0.05, 0.1) is 4.90 Å². The quantitative estimate of drug-likeness (QED) is 0.817. The number of amides is 1. The fraction of sp³-hybridized carbons (Fsp3) is 0.600. The van der Waals surface area contributed by atoms with Crippen molar-refractivity contribution in [2.45, 2.75) is 11.8 Å². The van der Waals surface area contributed by atoms with Crippen LogP contribution in [0.15, 0.2) is 4.90 Å².